The van der Waals surface area contributed by atoms with Crippen LogP contribution in [0.3, 0.4) is 0 Å². The molecule has 4 nitrogen and oxygen atoms in total. The molecule has 3 aromatic rings. The molecule has 0 aliphatic rings. The molecule has 0 fully saturated rings. The normalized spacial score (nSPS) is 11.8. The van der Waals surface area contributed by atoms with Gasteiger partial charge in [0.1, 0.15) is 6.04 Å². The van der Waals surface area contributed by atoms with Crippen molar-refractivity contribution in [2.45, 2.75) is 46.2 Å². The number of amides is 2. The molecule has 1 unspecified atom stereocenters. The predicted molar refractivity (Wildman–Crippen MR) is 144 cm³/mol. The van der Waals surface area contributed by atoms with E-state index in [1.807, 2.05) is 81.4 Å². The minimum atomic E-state index is -0.678. The smallest absolute Gasteiger partial charge is 0.243 e. The van der Waals surface area contributed by atoms with Crippen molar-refractivity contribution >= 4 is 35.0 Å². The fourth-order valence-corrected chi connectivity index (χ4v) is 4.23. The summed E-state index contributed by atoms with van der Waals surface area (Å²) in [7, 11) is 0. The Bertz CT molecular complexity index is 1150. The van der Waals surface area contributed by atoms with E-state index >= 15 is 0 Å². The van der Waals surface area contributed by atoms with Crippen LogP contribution in [0, 0.1) is 12.8 Å². The third-order valence-corrected chi connectivity index (χ3v) is 6.47. The monoisotopic (exact) mass is 510 g/mol. The zero-order valence-electron chi connectivity index (χ0n) is 20.4. The molecule has 184 valence electrons. The first-order valence-corrected chi connectivity index (χ1v) is 12.6. The molecule has 0 radical (unpaired) electrons. The molecule has 3 aromatic carbocycles. The van der Waals surface area contributed by atoms with E-state index in [9.17, 15) is 9.59 Å². The van der Waals surface area contributed by atoms with Gasteiger partial charge in [-0.2, -0.15) is 0 Å². The molecule has 35 heavy (non-hydrogen) atoms. The van der Waals surface area contributed by atoms with Crippen LogP contribution in [0.1, 0.15) is 36.1 Å². The highest BCUT2D eigenvalue weighted by Crippen LogP contribution is 2.24. The topological polar surface area (TPSA) is 49.4 Å². The van der Waals surface area contributed by atoms with Gasteiger partial charge in [-0.3, -0.25) is 9.59 Å². The Kier molecular flexibility index (Phi) is 9.76. The number of carbonyl (C=O) groups excluding carboxylic acids is 2. The van der Waals surface area contributed by atoms with Crippen LogP contribution in [0.15, 0.2) is 72.8 Å². The summed E-state index contributed by atoms with van der Waals surface area (Å²) < 4.78 is 0. The summed E-state index contributed by atoms with van der Waals surface area (Å²) in [4.78, 5) is 28.9. The fraction of sp³-hybridized carbons (Fsp3) is 0.310. The molecule has 0 aliphatic carbocycles. The number of carbonyl (C=O) groups is 2. The molecular formula is C29H32Cl2N2O2. The van der Waals surface area contributed by atoms with Crippen molar-refractivity contribution in [1.82, 2.24) is 10.2 Å². The van der Waals surface area contributed by atoms with Crippen LogP contribution in [-0.2, 0) is 29.0 Å². The largest absolute Gasteiger partial charge is 0.354 e. The van der Waals surface area contributed by atoms with E-state index in [1.165, 1.54) is 0 Å². The molecule has 3 rings (SSSR count). The van der Waals surface area contributed by atoms with E-state index < -0.39 is 6.04 Å². The standard InChI is InChI=1S/C29H32Cl2N2O2/c1-20(2)18-32-29(35)27(16-22-9-5-4-6-10-22)33(19-24-12-13-25(30)26(31)15-24)28(34)17-23-11-7-8-21(3)14-23/h4-15,20,27H,16-19H2,1-3H3,(H,32,35). The molecule has 0 heterocycles. The molecule has 2 amide bonds. The third kappa shape index (κ3) is 8.12. The molecule has 0 spiro atoms. The van der Waals surface area contributed by atoms with Crippen molar-refractivity contribution in [2.75, 3.05) is 6.54 Å². The third-order valence-electron chi connectivity index (χ3n) is 5.73. The summed E-state index contributed by atoms with van der Waals surface area (Å²) in [6.45, 7) is 6.87. The van der Waals surface area contributed by atoms with Gasteiger partial charge in [-0.1, -0.05) is 103 Å². The van der Waals surface area contributed by atoms with Crippen molar-refractivity contribution in [3.63, 3.8) is 0 Å². The van der Waals surface area contributed by atoms with Crippen LogP contribution in [0.4, 0.5) is 0 Å². The molecule has 1 N–H and O–H groups in total. The second kappa shape index (κ2) is 12.8. The Labute approximate surface area is 218 Å². The lowest BCUT2D eigenvalue weighted by molar-refractivity contribution is -0.140. The first kappa shape index (κ1) is 26.8. The van der Waals surface area contributed by atoms with Crippen molar-refractivity contribution < 1.29 is 9.59 Å². The van der Waals surface area contributed by atoms with Gasteiger partial charge < -0.3 is 10.2 Å². The molecular weight excluding hydrogens is 479 g/mol. The second-order valence-corrected chi connectivity index (χ2v) is 10.1. The van der Waals surface area contributed by atoms with E-state index in [1.54, 1.807) is 17.0 Å². The Morgan fingerprint density at radius 2 is 1.57 bits per heavy atom. The minimum Gasteiger partial charge on any atom is -0.354 e. The zero-order chi connectivity index (χ0) is 25.4. The van der Waals surface area contributed by atoms with Gasteiger partial charge in [0.15, 0.2) is 0 Å². The first-order chi connectivity index (χ1) is 16.7. The zero-order valence-corrected chi connectivity index (χ0v) is 21.9. The predicted octanol–water partition coefficient (Wildman–Crippen LogP) is 6.26. The summed E-state index contributed by atoms with van der Waals surface area (Å²) in [5.74, 6) is 0.00495. The second-order valence-electron chi connectivity index (χ2n) is 9.28. The van der Waals surface area contributed by atoms with Gasteiger partial charge in [0.05, 0.1) is 16.5 Å². The van der Waals surface area contributed by atoms with Crippen LogP contribution in [0.5, 0.6) is 0 Å². The molecule has 0 saturated heterocycles. The number of hydrogen-bond donors (Lipinski definition) is 1. The van der Waals surface area contributed by atoms with E-state index in [0.717, 1.165) is 22.3 Å². The van der Waals surface area contributed by atoms with Gasteiger partial charge in [-0.15, -0.1) is 0 Å². The molecule has 0 bridgehead atoms. The number of rotatable bonds is 10. The van der Waals surface area contributed by atoms with Gasteiger partial charge in [0, 0.05) is 19.5 Å². The number of halogens is 2. The number of aryl methyl sites for hydroxylation is 1. The van der Waals surface area contributed by atoms with E-state index in [0.29, 0.717) is 28.9 Å². The average Bonchev–Trinajstić information content (AvgIpc) is 2.82. The van der Waals surface area contributed by atoms with Crippen molar-refractivity contribution in [2.24, 2.45) is 5.92 Å². The van der Waals surface area contributed by atoms with Crippen LogP contribution < -0.4 is 5.32 Å². The van der Waals surface area contributed by atoms with Crippen LogP contribution >= 0.6 is 23.2 Å². The Morgan fingerprint density at radius 1 is 0.857 bits per heavy atom. The molecule has 0 aromatic heterocycles. The maximum absolute atomic E-state index is 13.7. The highest BCUT2D eigenvalue weighted by molar-refractivity contribution is 6.42. The van der Waals surface area contributed by atoms with Gasteiger partial charge in [0.2, 0.25) is 11.8 Å². The van der Waals surface area contributed by atoms with E-state index in [-0.39, 0.29) is 24.8 Å². The number of nitrogens with zero attached hydrogens (tertiary/aromatic N) is 1. The first-order valence-electron chi connectivity index (χ1n) is 11.8. The summed E-state index contributed by atoms with van der Waals surface area (Å²) >= 11 is 12.4. The lowest BCUT2D eigenvalue weighted by Gasteiger charge is -2.32. The lowest BCUT2D eigenvalue weighted by Crippen LogP contribution is -2.51. The quantitative estimate of drug-likeness (QED) is 0.350. The van der Waals surface area contributed by atoms with Gasteiger partial charge in [-0.25, -0.2) is 0 Å². The van der Waals surface area contributed by atoms with Gasteiger partial charge >= 0.3 is 0 Å². The average molecular weight is 511 g/mol. The van der Waals surface area contributed by atoms with E-state index in [4.69, 9.17) is 23.2 Å². The highest BCUT2D eigenvalue weighted by Gasteiger charge is 2.30. The summed E-state index contributed by atoms with van der Waals surface area (Å²) in [5, 5.41) is 3.90. The molecule has 0 aliphatic heterocycles. The van der Waals surface area contributed by atoms with Crippen LogP contribution in [0.2, 0.25) is 10.0 Å². The van der Waals surface area contributed by atoms with Gasteiger partial charge in [0.25, 0.3) is 0 Å². The number of nitrogens with one attached hydrogen (secondary N) is 1. The van der Waals surface area contributed by atoms with Crippen molar-refractivity contribution in [3.05, 3.63) is 105 Å². The Balaban J connectivity index is 1.97. The summed E-state index contributed by atoms with van der Waals surface area (Å²) in [6, 6.07) is 22.3. The Hall–Kier alpha value is -2.82. The summed E-state index contributed by atoms with van der Waals surface area (Å²) in [6.07, 6.45) is 0.609. The van der Waals surface area contributed by atoms with Crippen molar-refractivity contribution in [3.8, 4) is 0 Å². The van der Waals surface area contributed by atoms with Crippen LogP contribution in [0.25, 0.3) is 0 Å². The maximum Gasteiger partial charge on any atom is 0.243 e. The summed E-state index contributed by atoms with van der Waals surface area (Å²) in [5.41, 5.74) is 3.79. The number of hydrogen-bond acceptors (Lipinski definition) is 2. The fourth-order valence-electron chi connectivity index (χ4n) is 3.91. The van der Waals surface area contributed by atoms with Crippen molar-refractivity contribution in [1.29, 1.82) is 0 Å². The number of benzene rings is 3. The van der Waals surface area contributed by atoms with Crippen LogP contribution in [-0.4, -0.2) is 29.3 Å². The molecule has 1 atom stereocenters. The lowest BCUT2D eigenvalue weighted by atomic mass is 10.0. The van der Waals surface area contributed by atoms with Gasteiger partial charge in [-0.05, 0) is 41.7 Å². The maximum atomic E-state index is 13.7. The SMILES string of the molecule is Cc1cccc(CC(=O)N(Cc2ccc(Cl)c(Cl)c2)C(Cc2ccccc2)C(=O)NCC(C)C)c1. The van der Waals surface area contributed by atoms with E-state index in [2.05, 4.69) is 5.32 Å². The Morgan fingerprint density at radius 3 is 2.23 bits per heavy atom. The minimum absolute atomic E-state index is 0.123. The highest BCUT2D eigenvalue weighted by atomic mass is 35.5. The molecule has 0 saturated carbocycles. The molecule has 6 heteroatoms.